The topological polar surface area (TPSA) is 70.4 Å². The van der Waals surface area contributed by atoms with Crippen molar-refractivity contribution in [3.8, 4) is 51.4 Å². The third-order valence-electron chi connectivity index (χ3n) is 4.40. The van der Waals surface area contributed by atoms with Gasteiger partial charge in [-0.05, 0) is 82.1 Å². The van der Waals surface area contributed by atoms with E-state index in [1.807, 2.05) is 19.1 Å². The zero-order chi connectivity index (χ0) is 27.4. The normalized spacial score (nSPS) is 10.3. The molecule has 5 heteroatoms. The van der Waals surface area contributed by atoms with Crippen molar-refractivity contribution >= 4 is 11.6 Å². The molecule has 1 fully saturated rings. The van der Waals surface area contributed by atoms with Crippen molar-refractivity contribution in [1.29, 1.82) is 0 Å². The number of aryl methyl sites for hydroxylation is 1. The molecule has 4 N–H and O–H groups in total. The molecular weight excluding hydrogens is 420 g/mol. The number of amides is 1. The van der Waals surface area contributed by atoms with E-state index < -0.39 is 0 Å². The first kappa shape index (κ1) is 37.7. The minimum absolute atomic E-state index is 0.00432. The van der Waals surface area contributed by atoms with Crippen LogP contribution in [0.5, 0.6) is 0 Å². The van der Waals surface area contributed by atoms with Crippen LogP contribution >= 0.6 is 0 Å². The van der Waals surface area contributed by atoms with Crippen molar-refractivity contribution in [3.63, 3.8) is 0 Å². The highest BCUT2D eigenvalue weighted by atomic mass is 16.1. The number of rotatable bonds is 9. The van der Waals surface area contributed by atoms with Crippen LogP contribution < -0.4 is 16.4 Å². The summed E-state index contributed by atoms with van der Waals surface area (Å²) in [5.41, 5.74) is 8.43. The number of nitrogens with zero attached hydrogens (tertiary/aromatic N) is 1. The quantitative estimate of drug-likeness (QED) is 0.385. The maximum atomic E-state index is 12.4. The van der Waals surface area contributed by atoms with Gasteiger partial charge in [-0.15, -0.1) is 51.4 Å². The Labute approximate surface area is 210 Å². The van der Waals surface area contributed by atoms with Crippen molar-refractivity contribution in [1.82, 2.24) is 15.5 Å². The summed E-state index contributed by atoms with van der Waals surface area (Å²) >= 11 is 0. The van der Waals surface area contributed by atoms with E-state index in [1.54, 1.807) is 0 Å². The number of nitrogens with one attached hydrogen (secondary N) is 2. The molecule has 2 rings (SSSR count). The largest absolute Gasteiger partial charge is 0.372 e. The van der Waals surface area contributed by atoms with E-state index in [0.717, 1.165) is 61.4 Å². The van der Waals surface area contributed by atoms with Crippen LogP contribution in [-0.4, -0.2) is 50.6 Å². The summed E-state index contributed by atoms with van der Waals surface area (Å²) in [5, 5.41) is 6.36. The molecule has 0 spiro atoms. The molecular formula is C29H44N4O. The second-order valence-electron chi connectivity index (χ2n) is 6.59. The molecule has 1 aromatic carbocycles. The molecule has 0 atom stereocenters. The smallest absolute Gasteiger partial charge is 0.251 e. The monoisotopic (exact) mass is 464 g/mol. The number of carbonyl (C=O) groups excluding carboxylic acids is 1. The summed E-state index contributed by atoms with van der Waals surface area (Å²) in [4.78, 5) is 14.7. The highest BCUT2D eigenvalue weighted by Crippen LogP contribution is 2.24. The fraction of sp³-hybridized carbons (Fsp3) is 0.414. The Morgan fingerprint density at radius 3 is 1.91 bits per heavy atom. The lowest BCUT2D eigenvalue weighted by Gasteiger charge is -2.21. The van der Waals surface area contributed by atoms with E-state index in [2.05, 4.69) is 92.2 Å². The van der Waals surface area contributed by atoms with Crippen LogP contribution in [0.4, 0.5) is 0 Å². The first-order valence-corrected chi connectivity index (χ1v) is 11.1. The molecule has 1 aliphatic heterocycles. The molecule has 34 heavy (non-hydrogen) atoms. The SMILES string of the molecule is C#C.C#C.C#C.C#C.C=C(c1cc(C)cc(C(=O)NCCCNCCC)c1)N1CCCC1.CN. The molecule has 0 bridgehead atoms. The second kappa shape index (κ2) is 29.4. The summed E-state index contributed by atoms with van der Waals surface area (Å²) in [7, 11) is 1.50. The van der Waals surface area contributed by atoms with Crippen molar-refractivity contribution in [2.24, 2.45) is 5.73 Å². The summed E-state index contributed by atoms with van der Waals surface area (Å²) in [6, 6.07) is 6.04. The van der Waals surface area contributed by atoms with Gasteiger partial charge in [0.1, 0.15) is 0 Å². The molecule has 1 heterocycles. The van der Waals surface area contributed by atoms with Gasteiger partial charge in [-0.25, -0.2) is 0 Å². The van der Waals surface area contributed by atoms with E-state index in [9.17, 15) is 4.79 Å². The highest BCUT2D eigenvalue weighted by Gasteiger charge is 2.16. The molecule has 1 saturated heterocycles. The molecule has 1 amide bonds. The number of benzene rings is 1. The molecule has 0 radical (unpaired) electrons. The van der Waals surface area contributed by atoms with Crippen molar-refractivity contribution in [3.05, 3.63) is 41.5 Å². The van der Waals surface area contributed by atoms with Crippen molar-refractivity contribution < 1.29 is 4.79 Å². The first-order chi connectivity index (χ1) is 16.6. The number of hydrogen-bond acceptors (Lipinski definition) is 4. The van der Waals surface area contributed by atoms with Gasteiger partial charge in [0.2, 0.25) is 0 Å². The molecule has 0 saturated carbocycles. The second-order valence-corrected chi connectivity index (χ2v) is 6.59. The summed E-state index contributed by atoms with van der Waals surface area (Å²) in [6.45, 7) is 13.2. The fourth-order valence-corrected chi connectivity index (χ4v) is 3.07. The molecule has 1 aromatic rings. The van der Waals surface area contributed by atoms with Gasteiger partial charge in [0.05, 0.1) is 0 Å². The van der Waals surface area contributed by atoms with E-state index >= 15 is 0 Å². The van der Waals surface area contributed by atoms with Crippen molar-refractivity contribution in [2.45, 2.75) is 39.5 Å². The van der Waals surface area contributed by atoms with Gasteiger partial charge in [0.15, 0.2) is 0 Å². The average Bonchev–Trinajstić information content (AvgIpc) is 3.46. The van der Waals surface area contributed by atoms with Crippen LogP contribution in [0.15, 0.2) is 24.8 Å². The summed E-state index contributed by atoms with van der Waals surface area (Å²) in [5.74, 6) is 0.00432. The van der Waals surface area contributed by atoms with Crippen LogP contribution in [0, 0.1) is 58.3 Å². The number of nitrogens with two attached hydrogens (primary N) is 1. The predicted octanol–water partition coefficient (Wildman–Crippen LogP) is 3.75. The zero-order valence-electron chi connectivity index (χ0n) is 21.4. The van der Waals surface area contributed by atoms with Gasteiger partial charge in [-0.1, -0.05) is 13.5 Å². The van der Waals surface area contributed by atoms with Gasteiger partial charge in [-0.3, -0.25) is 4.79 Å². The Morgan fingerprint density at radius 1 is 0.912 bits per heavy atom. The van der Waals surface area contributed by atoms with E-state index in [0.29, 0.717) is 6.54 Å². The van der Waals surface area contributed by atoms with Gasteiger partial charge in [-0.2, -0.15) is 0 Å². The Kier molecular flexibility index (Phi) is 32.6. The van der Waals surface area contributed by atoms with Gasteiger partial charge in [0, 0.05) is 30.9 Å². The van der Waals surface area contributed by atoms with Crippen LogP contribution in [0.2, 0.25) is 0 Å². The standard InChI is InChI=1S/C20H31N3O.4C2H2.CH5N/c1-4-8-21-9-7-10-22-20(24)19-14-16(2)13-18(15-19)17(3)23-11-5-6-12-23;5*1-2/h13-15,21H,3-12H2,1-2H3,(H,22,24);4*1-2H;2H2,1H3. The Hall–Kier alpha value is -3.61. The lowest BCUT2D eigenvalue weighted by molar-refractivity contribution is 0.0953. The molecule has 0 aliphatic carbocycles. The summed E-state index contributed by atoms with van der Waals surface area (Å²) < 4.78 is 0. The van der Waals surface area contributed by atoms with Crippen LogP contribution in [0.1, 0.15) is 54.1 Å². The molecule has 5 nitrogen and oxygen atoms in total. The molecule has 0 unspecified atom stereocenters. The first-order valence-electron chi connectivity index (χ1n) is 11.1. The van der Waals surface area contributed by atoms with Gasteiger partial charge >= 0.3 is 0 Å². The van der Waals surface area contributed by atoms with Crippen LogP contribution in [-0.2, 0) is 0 Å². The van der Waals surface area contributed by atoms with E-state index in [-0.39, 0.29) is 5.91 Å². The zero-order valence-corrected chi connectivity index (χ0v) is 21.4. The van der Waals surface area contributed by atoms with E-state index in [4.69, 9.17) is 0 Å². The van der Waals surface area contributed by atoms with Crippen LogP contribution in [0.3, 0.4) is 0 Å². The molecule has 1 aliphatic rings. The summed E-state index contributed by atoms with van der Waals surface area (Å²) in [6.07, 6.45) is 36.5. The Morgan fingerprint density at radius 2 is 1.41 bits per heavy atom. The van der Waals surface area contributed by atoms with Gasteiger partial charge < -0.3 is 21.3 Å². The average molecular weight is 465 g/mol. The third-order valence-corrected chi connectivity index (χ3v) is 4.40. The number of terminal acetylenes is 4. The third kappa shape index (κ3) is 17.0. The minimum atomic E-state index is 0.00432. The van der Waals surface area contributed by atoms with Crippen molar-refractivity contribution in [2.75, 3.05) is 39.8 Å². The number of likely N-dealkylation sites (tertiary alicyclic amines) is 1. The Balaban J connectivity index is -0.000000398. The fourth-order valence-electron chi connectivity index (χ4n) is 3.07. The Bertz CT molecular complexity index is 699. The minimum Gasteiger partial charge on any atom is -0.372 e. The lowest BCUT2D eigenvalue weighted by atomic mass is 10.0. The lowest BCUT2D eigenvalue weighted by Crippen LogP contribution is -2.27. The maximum Gasteiger partial charge on any atom is 0.251 e. The molecule has 0 aromatic heterocycles. The maximum absolute atomic E-state index is 12.4. The molecule has 186 valence electrons. The van der Waals surface area contributed by atoms with Crippen LogP contribution in [0.25, 0.3) is 5.70 Å². The van der Waals surface area contributed by atoms with Gasteiger partial charge in [0.25, 0.3) is 5.91 Å². The number of hydrogen-bond donors (Lipinski definition) is 3. The van der Waals surface area contributed by atoms with E-state index in [1.165, 1.54) is 19.9 Å². The predicted molar refractivity (Wildman–Crippen MR) is 151 cm³/mol. The highest BCUT2D eigenvalue weighted by molar-refractivity contribution is 5.95. The number of carbonyl (C=O) groups is 1.